The van der Waals surface area contributed by atoms with Crippen molar-refractivity contribution in [2.24, 2.45) is 0 Å². The zero-order valence-electron chi connectivity index (χ0n) is 7.97. The Labute approximate surface area is 95.6 Å². The molecule has 84 valence electrons. The summed E-state index contributed by atoms with van der Waals surface area (Å²) in [5.74, 6) is 0. The summed E-state index contributed by atoms with van der Waals surface area (Å²) >= 11 is 0. The van der Waals surface area contributed by atoms with E-state index >= 15 is 0 Å². The first-order valence-electron chi connectivity index (χ1n) is 3.91. The zero-order chi connectivity index (χ0) is 12.5. The number of rotatable bonds is 2. The van der Waals surface area contributed by atoms with Crippen LogP contribution in [0.3, 0.4) is 0 Å². The number of benzene rings is 1. The summed E-state index contributed by atoms with van der Waals surface area (Å²) in [5, 5.41) is 19.3. The molecular formula is C8H5ClN2O4S. The molecule has 0 radical (unpaired) electrons. The maximum absolute atomic E-state index is 11.1. The van der Waals surface area contributed by atoms with Crippen LogP contribution >= 0.6 is 10.7 Å². The molecular weight excluding hydrogens is 256 g/mol. The van der Waals surface area contributed by atoms with Crippen LogP contribution in [0.15, 0.2) is 17.0 Å². The molecule has 0 fully saturated rings. The van der Waals surface area contributed by atoms with E-state index in [1.54, 1.807) is 6.07 Å². The molecule has 0 bridgehead atoms. The van der Waals surface area contributed by atoms with Gasteiger partial charge >= 0.3 is 0 Å². The summed E-state index contributed by atoms with van der Waals surface area (Å²) < 4.78 is 22.2. The number of hydrogen-bond acceptors (Lipinski definition) is 5. The summed E-state index contributed by atoms with van der Waals surface area (Å²) in [6.45, 7) is 1.29. The van der Waals surface area contributed by atoms with E-state index in [9.17, 15) is 18.5 Å². The standard InChI is InChI=1S/C8H5ClN2O4S/c1-5-6(4-10)7(11(12)13)2-3-8(5)16(9,14)15/h2-3H,1H3. The van der Waals surface area contributed by atoms with Crippen LogP contribution in [0.2, 0.25) is 0 Å². The van der Waals surface area contributed by atoms with E-state index in [1.165, 1.54) is 6.92 Å². The second-order valence-electron chi connectivity index (χ2n) is 2.89. The zero-order valence-corrected chi connectivity index (χ0v) is 9.54. The molecule has 1 aromatic carbocycles. The Morgan fingerprint density at radius 3 is 2.44 bits per heavy atom. The van der Waals surface area contributed by atoms with Gasteiger partial charge in [-0.1, -0.05) is 0 Å². The molecule has 0 aromatic heterocycles. The second kappa shape index (κ2) is 4.08. The van der Waals surface area contributed by atoms with E-state index in [-0.39, 0.29) is 16.0 Å². The maximum Gasteiger partial charge on any atom is 0.287 e. The monoisotopic (exact) mass is 260 g/mol. The minimum absolute atomic E-state index is 0.0216. The van der Waals surface area contributed by atoms with E-state index in [1.807, 2.05) is 0 Å². The smallest absolute Gasteiger partial charge is 0.258 e. The fourth-order valence-electron chi connectivity index (χ4n) is 1.24. The Bertz CT molecular complexity index is 603. The highest BCUT2D eigenvalue weighted by atomic mass is 35.7. The van der Waals surface area contributed by atoms with E-state index in [0.29, 0.717) is 0 Å². The van der Waals surface area contributed by atoms with Gasteiger partial charge < -0.3 is 0 Å². The average molecular weight is 261 g/mol. The molecule has 6 nitrogen and oxygen atoms in total. The quantitative estimate of drug-likeness (QED) is 0.457. The molecule has 0 heterocycles. The molecule has 0 N–H and O–H groups in total. The molecule has 0 atom stereocenters. The number of nitrogens with zero attached hydrogens (tertiary/aromatic N) is 2. The van der Waals surface area contributed by atoms with Gasteiger partial charge in [0.25, 0.3) is 14.7 Å². The minimum atomic E-state index is -4.01. The Hall–Kier alpha value is -1.65. The fraction of sp³-hybridized carbons (Fsp3) is 0.125. The number of nitro benzene ring substituents is 1. The lowest BCUT2D eigenvalue weighted by Gasteiger charge is -2.03. The van der Waals surface area contributed by atoms with Crippen LogP contribution in [0.5, 0.6) is 0 Å². The summed E-state index contributed by atoms with van der Waals surface area (Å²) in [6, 6.07) is 3.55. The molecule has 0 amide bonds. The van der Waals surface area contributed by atoms with Crippen LogP contribution in [0.4, 0.5) is 5.69 Å². The molecule has 0 spiro atoms. The topological polar surface area (TPSA) is 101 Å². The normalized spacial score (nSPS) is 10.8. The molecule has 0 aliphatic rings. The molecule has 0 saturated carbocycles. The van der Waals surface area contributed by atoms with Gasteiger partial charge in [0.2, 0.25) is 0 Å². The highest BCUT2D eigenvalue weighted by Crippen LogP contribution is 2.28. The largest absolute Gasteiger partial charge is 0.287 e. The van der Waals surface area contributed by atoms with Crippen LogP contribution in [-0.4, -0.2) is 13.3 Å². The molecule has 0 aliphatic carbocycles. The molecule has 1 aromatic rings. The predicted molar refractivity (Wildman–Crippen MR) is 55.6 cm³/mol. The van der Waals surface area contributed by atoms with Gasteiger partial charge in [0.1, 0.15) is 11.6 Å². The highest BCUT2D eigenvalue weighted by Gasteiger charge is 2.23. The van der Waals surface area contributed by atoms with Crippen molar-refractivity contribution in [3.05, 3.63) is 33.4 Å². The maximum atomic E-state index is 11.1. The van der Waals surface area contributed by atoms with E-state index in [0.717, 1.165) is 12.1 Å². The van der Waals surface area contributed by atoms with Gasteiger partial charge in [-0.3, -0.25) is 10.1 Å². The Morgan fingerprint density at radius 2 is 2.06 bits per heavy atom. The van der Waals surface area contributed by atoms with Crippen molar-refractivity contribution in [3.8, 4) is 6.07 Å². The van der Waals surface area contributed by atoms with Gasteiger partial charge in [0, 0.05) is 16.7 Å². The molecule has 8 heteroatoms. The predicted octanol–water partition coefficient (Wildman–Crippen LogP) is 1.70. The highest BCUT2D eigenvalue weighted by molar-refractivity contribution is 8.13. The first-order valence-corrected chi connectivity index (χ1v) is 6.22. The van der Waals surface area contributed by atoms with Gasteiger partial charge in [-0.15, -0.1) is 0 Å². The Balaban J connectivity index is 3.68. The number of nitriles is 1. The van der Waals surface area contributed by atoms with Crippen LogP contribution in [0.25, 0.3) is 0 Å². The SMILES string of the molecule is Cc1c(S(=O)(=O)Cl)ccc([N+](=O)[O-])c1C#N. The van der Waals surface area contributed by atoms with E-state index in [4.69, 9.17) is 15.9 Å². The molecule has 1 rings (SSSR count). The van der Waals surface area contributed by atoms with Gasteiger partial charge in [0.05, 0.1) is 9.82 Å². The van der Waals surface area contributed by atoms with Crippen molar-refractivity contribution in [1.29, 1.82) is 5.26 Å². The van der Waals surface area contributed by atoms with Gasteiger partial charge in [0.15, 0.2) is 0 Å². The van der Waals surface area contributed by atoms with Crippen molar-refractivity contribution in [3.63, 3.8) is 0 Å². The summed E-state index contributed by atoms with van der Waals surface area (Å²) in [6.07, 6.45) is 0. The summed E-state index contributed by atoms with van der Waals surface area (Å²) in [5.41, 5.74) is -0.762. The van der Waals surface area contributed by atoms with Crippen molar-refractivity contribution in [2.75, 3.05) is 0 Å². The van der Waals surface area contributed by atoms with Crippen molar-refractivity contribution >= 4 is 25.4 Å². The summed E-state index contributed by atoms with van der Waals surface area (Å²) in [7, 11) is 1.11. The van der Waals surface area contributed by atoms with E-state index < -0.39 is 19.7 Å². The van der Waals surface area contributed by atoms with Crippen molar-refractivity contribution in [2.45, 2.75) is 11.8 Å². The average Bonchev–Trinajstić information content (AvgIpc) is 2.14. The molecule has 16 heavy (non-hydrogen) atoms. The van der Waals surface area contributed by atoms with Crippen LogP contribution in [0.1, 0.15) is 11.1 Å². The lowest BCUT2D eigenvalue weighted by Crippen LogP contribution is -2.01. The lowest BCUT2D eigenvalue weighted by molar-refractivity contribution is -0.385. The van der Waals surface area contributed by atoms with E-state index in [2.05, 4.69) is 0 Å². The fourth-order valence-corrected chi connectivity index (χ4v) is 2.44. The molecule has 0 saturated heterocycles. The lowest BCUT2D eigenvalue weighted by atomic mass is 10.1. The third-order valence-corrected chi connectivity index (χ3v) is 3.43. The number of hydrogen-bond donors (Lipinski definition) is 0. The van der Waals surface area contributed by atoms with Crippen LogP contribution < -0.4 is 0 Å². The van der Waals surface area contributed by atoms with Crippen molar-refractivity contribution < 1.29 is 13.3 Å². The van der Waals surface area contributed by atoms with Gasteiger partial charge in [-0.05, 0) is 18.6 Å². The Kier molecular flexibility index (Phi) is 3.16. The number of halogens is 1. The first kappa shape index (κ1) is 12.4. The molecule has 0 unspecified atom stereocenters. The minimum Gasteiger partial charge on any atom is -0.258 e. The number of nitro groups is 1. The second-order valence-corrected chi connectivity index (χ2v) is 5.42. The third kappa shape index (κ3) is 2.13. The van der Waals surface area contributed by atoms with Crippen molar-refractivity contribution in [1.82, 2.24) is 0 Å². The molecule has 0 aliphatic heterocycles. The Morgan fingerprint density at radius 1 is 1.50 bits per heavy atom. The van der Waals surface area contributed by atoms with Crippen LogP contribution in [-0.2, 0) is 9.05 Å². The van der Waals surface area contributed by atoms with Crippen LogP contribution in [0, 0.1) is 28.4 Å². The van der Waals surface area contributed by atoms with Gasteiger partial charge in [-0.25, -0.2) is 8.42 Å². The van der Waals surface area contributed by atoms with Gasteiger partial charge in [-0.2, -0.15) is 5.26 Å². The summed E-state index contributed by atoms with van der Waals surface area (Å²) in [4.78, 5) is 9.52. The third-order valence-electron chi connectivity index (χ3n) is 1.96. The first-order chi connectivity index (χ1) is 7.29.